The second-order valence-corrected chi connectivity index (χ2v) is 8.97. The Morgan fingerprint density at radius 1 is 1.07 bits per heavy atom. The zero-order valence-electron chi connectivity index (χ0n) is 15.5. The molecule has 2 aromatic rings. The van der Waals surface area contributed by atoms with Gasteiger partial charge in [0.05, 0.1) is 30.6 Å². The van der Waals surface area contributed by atoms with Gasteiger partial charge in [-0.05, 0) is 42.2 Å². The highest BCUT2D eigenvalue weighted by molar-refractivity contribution is 7.88. The smallest absolute Gasteiger partial charge is 0.218 e. The molecule has 2 aliphatic rings. The van der Waals surface area contributed by atoms with Crippen LogP contribution in [0.25, 0.3) is 0 Å². The average Bonchev–Trinajstić information content (AvgIpc) is 3.08. The Hall–Kier alpha value is -2.56. The molecule has 6 nitrogen and oxygen atoms in total. The van der Waals surface area contributed by atoms with Crippen molar-refractivity contribution in [3.05, 3.63) is 59.2 Å². The largest absolute Gasteiger partial charge is 0.490 e. The molecule has 146 valence electrons. The second-order valence-electron chi connectivity index (χ2n) is 7.05. The molecule has 0 amide bonds. The first-order chi connectivity index (χ1) is 13.6. The Balaban J connectivity index is 1.61. The van der Waals surface area contributed by atoms with Crippen molar-refractivity contribution in [3.63, 3.8) is 0 Å². The van der Waals surface area contributed by atoms with Crippen LogP contribution in [0.1, 0.15) is 42.0 Å². The third-order valence-electron chi connectivity index (χ3n) is 5.19. The first kappa shape index (κ1) is 18.8. The number of benzene rings is 2. The molecule has 2 aromatic carbocycles. The van der Waals surface area contributed by atoms with E-state index in [1.54, 1.807) is 28.6 Å². The van der Waals surface area contributed by atoms with Gasteiger partial charge in [0.2, 0.25) is 10.0 Å². The van der Waals surface area contributed by atoms with Crippen molar-refractivity contribution in [1.29, 1.82) is 5.26 Å². The Bertz CT molecular complexity index is 1010. The summed E-state index contributed by atoms with van der Waals surface area (Å²) in [5.41, 5.74) is 1.85. The van der Waals surface area contributed by atoms with Gasteiger partial charge in [0, 0.05) is 19.0 Å². The maximum Gasteiger partial charge on any atom is 0.218 e. The van der Waals surface area contributed by atoms with E-state index in [9.17, 15) is 13.7 Å². The lowest BCUT2D eigenvalue weighted by Gasteiger charge is -2.25. The summed E-state index contributed by atoms with van der Waals surface area (Å²) in [4.78, 5) is 0. The van der Waals surface area contributed by atoms with Gasteiger partial charge in [0.25, 0.3) is 0 Å². The van der Waals surface area contributed by atoms with Gasteiger partial charge in [-0.1, -0.05) is 24.3 Å². The second kappa shape index (κ2) is 7.82. The SMILES string of the molecule is N#Cc1ccccc1CS(=O)(=O)N1CCCC1c1ccc2c(c1)OCCCO2. The molecule has 1 saturated heterocycles. The highest BCUT2D eigenvalue weighted by atomic mass is 32.2. The summed E-state index contributed by atoms with van der Waals surface area (Å²) < 4.78 is 39.3. The zero-order valence-corrected chi connectivity index (χ0v) is 16.3. The van der Waals surface area contributed by atoms with E-state index in [2.05, 4.69) is 6.07 Å². The number of nitrogens with zero attached hydrogens (tertiary/aromatic N) is 2. The molecule has 28 heavy (non-hydrogen) atoms. The Kier molecular flexibility index (Phi) is 5.25. The van der Waals surface area contributed by atoms with Crippen molar-refractivity contribution in [1.82, 2.24) is 4.31 Å². The van der Waals surface area contributed by atoms with Crippen LogP contribution in [0.3, 0.4) is 0 Å². The summed E-state index contributed by atoms with van der Waals surface area (Å²) in [7, 11) is -3.56. The summed E-state index contributed by atoms with van der Waals surface area (Å²) in [6, 6.07) is 14.4. The van der Waals surface area contributed by atoms with Crippen molar-refractivity contribution < 1.29 is 17.9 Å². The number of ether oxygens (including phenoxy) is 2. The van der Waals surface area contributed by atoms with Crippen LogP contribution in [0.2, 0.25) is 0 Å². The van der Waals surface area contributed by atoms with Crippen molar-refractivity contribution in [2.24, 2.45) is 0 Å². The van der Waals surface area contributed by atoms with Crippen LogP contribution in [-0.4, -0.2) is 32.5 Å². The molecule has 7 heteroatoms. The fourth-order valence-electron chi connectivity index (χ4n) is 3.83. The third kappa shape index (κ3) is 3.71. The number of sulfonamides is 1. The fourth-order valence-corrected chi connectivity index (χ4v) is 5.66. The van der Waals surface area contributed by atoms with E-state index in [-0.39, 0.29) is 11.8 Å². The van der Waals surface area contributed by atoms with Gasteiger partial charge in [0.1, 0.15) is 0 Å². The molecule has 0 bridgehead atoms. The van der Waals surface area contributed by atoms with E-state index < -0.39 is 10.0 Å². The lowest BCUT2D eigenvalue weighted by molar-refractivity contribution is 0.296. The minimum Gasteiger partial charge on any atom is -0.490 e. The van der Waals surface area contributed by atoms with Gasteiger partial charge < -0.3 is 9.47 Å². The molecule has 0 saturated carbocycles. The van der Waals surface area contributed by atoms with Crippen LogP contribution in [0, 0.1) is 11.3 Å². The Labute approximate surface area is 165 Å². The molecule has 0 N–H and O–H groups in total. The number of hydrogen-bond acceptors (Lipinski definition) is 5. The van der Waals surface area contributed by atoms with Crippen molar-refractivity contribution in [3.8, 4) is 17.6 Å². The minimum atomic E-state index is -3.56. The first-order valence-electron chi connectivity index (χ1n) is 9.45. The molecule has 4 rings (SSSR count). The Morgan fingerprint density at radius 3 is 2.68 bits per heavy atom. The molecule has 2 heterocycles. The first-order valence-corrected chi connectivity index (χ1v) is 11.1. The zero-order chi connectivity index (χ0) is 19.6. The molecule has 0 aromatic heterocycles. The van der Waals surface area contributed by atoms with Crippen LogP contribution < -0.4 is 9.47 Å². The number of nitriles is 1. The molecule has 0 aliphatic carbocycles. The van der Waals surface area contributed by atoms with Crippen LogP contribution in [0.4, 0.5) is 0 Å². The molecule has 1 atom stereocenters. The van der Waals surface area contributed by atoms with Gasteiger partial charge in [-0.3, -0.25) is 0 Å². The van der Waals surface area contributed by atoms with E-state index >= 15 is 0 Å². The molecule has 2 aliphatic heterocycles. The summed E-state index contributed by atoms with van der Waals surface area (Å²) >= 11 is 0. The number of hydrogen-bond donors (Lipinski definition) is 0. The van der Waals surface area contributed by atoms with Gasteiger partial charge in [-0.15, -0.1) is 0 Å². The van der Waals surface area contributed by atoms with Crippen LogP contribution in [0.15, 0.2) is 42.5 Å². The molecule has 1 fully saturated rings. The predicted octanol–water partition coefficient (Wildman–Crippen LogP) is 3.39. The van der Waals surface area contributed by atoms with E-state index in [0.717, 1.165) is 24.8 Å². The number of fused-ring (bicyclic) bond motifs is 1. The quantitative estimate of drug-likeness (QED) is 0.789. The topological polar surface area (TPSA) is 79.6 Å². The van der Waals surface area contributed by atoms with Gasteiger partial charge in [0.15, 0.2) is 11.5 Å². The molecule has 1 unspecified atom stereocenters. The fraction of sp³-hybridized carbons (Fsp3) is 0.381. The summed E-state index contributed by atoms with van der Waals surface area (Å²) in [6.07, 6.45) is 2.39. The molecule has 0 radical (unpaired) electrons. The van der Waals surface area contributed by atoms with E-state index in [4.69, 9.17) is 9.47 Å². The molecular weight excluding hydrogens is 376 g/mol. The van der Waals surface area contributed by atoms with Gasteiger partial charge in [-0.25, -0.2) is 8.42 Å². The van der Waals surface area contributed by atoms with Gasteiger partial charge in [-0.2, -0.15) is 9.57 Å². The normalized spacial score (nSPS) is 19.8. The molecule has 0 spiro atoms. The lowest BCUT2D eigenvalue weighted by Crippen LogP contribution is -2.32. The van der Waals surface area contributed by atoms with E-state index in [1.807, 2.05) is 18.2 Å². The summed E-state index contributed by atoms with van der Waals surface area (Å²) in [6.45, 7) is 1.69. The van der Waals surface area contributed by atoms with Crippen LogP contribution in [-0.2, 0) is 15.8 Å². The Morgan fingerprint density at radius 2 is 1.86 bits per heavy atom. The standard InChI is InChI=1S/C21H22N2O4S/c22-14-17-5-1-2-6-18(17)15-28(24,25)23-10-3-7-19(23)16-8-9-20-21(13-16)27-12-4-11-26-20/h1-2,5-6,8-9,13,19H,3-4,7,10-12,15H2. The monoisotopic (exact) mass is 398 g/mol. The third-order valence-corrected chi connectivity index (χ3v) is 7.02. The van der Waals surface area contributed by atoms with Crippen molar-refractivity contribution in [2.45, 2.75) is 31.1 Å². The van der Waals surface area contributed by atoms with E-state index in [0.29, 0.717) is 42.4 Å². The number of rotatable bonds is 4. The van der Waals surface area contributed by atoms with E-state index in [1.165, 1.54) is 0 Å². The average molecular weight is 398 g/mol. The van der Waals surface area contributed by atoms with Crippen LogP contribution in [0.5, 0.6) is 11.5 Å². The molecular formula is C21H22N2O4S. The summed E-state index contributed by atoms with van der Waals surface area (Å²) in [5, 5.41) is 9.26. The van der Waals surface area contributed by atoms with Crippen LogP contribution >= 0.6 is 0 Å². The maximum absolute atomic E-state index is 13.2. The van der Waals surface area contributed by atoms with Gasteiger partial charge >= 0.3 is 0 Å². The predicted molar refractivity (Wildman–Crippen MR) is 105 cm³/mol. The summed E-state index contributed by atoms with van der Waals surface area (Å²) in [5.74, 6) is 1.21. The minimum absolute atomic E-state index is 0.169. The highest BCUT2D eigenvalue weighted by Gasteiger charge is 2.36. The van der Waals surface area contributed by atoms with Crippen molar-refractivity contribution >= 4 is 10.0 Å². The maximum atomic E-state index is 13.2. The van der Waals surface area contributed by atoms with Crippen molar-refractivity contribution in [2.75, 3.05) is 19.8 Å². The highest BCUT2D eigenvalue weighted by Crippen LogP contribution is 2.39. The lowest BCUT2D eigenvalue weighted by atomic mass is 10.0.